The third kappa shape index (κ3) is 6.40. The van der Waals surface area contributed by atoms with E-state index in [1.807, 2.05) is 0 Å². The normalized spacial score (nSPS) is 16.3. The molecular formula is C18H21NO11S. The summed E-state index contributed by atoms with van der Waals surface area (Å²) in [6, 6.07) is 1.66. The van der Waals surface area contributed by atoms with Crippen LogP contribution in [-0.2, 0) is 19.4 Å². The number of nitrogens with one attached hydrogen (secondary N) is 1. The lowest BCUT2D eigenvalue weighted by atomic mass is 9.93. The largest absolute Gasteiger partial charge is 0.423 e. The molecule has 0 aliphatic rings. The molecular weight excluding hydrogens is 438 g/mol. The molecule has 0 radical (unpaired) electrons. The summed E-state index contributed by atoms with van der Waals surface area (Å²) in [5, 5.41) is 32.8. The van der Waals surface area contributed by atoms with Crippen LogP contribution in [0.1, 0.15) is 24.2 Å². The molecule has 0 spiro atoms. The zero-order valence-electron chi connectivity index (χ0n) is 17.3. The van der Waals surface area contributed by atoms with E-state index in [-0.39, 0.29) is 17.2 Å². The minimum absolute atomic E-state index is 0.0347. The van der Waals surface area contributed by atoms with Crippen LogP contribution in [0, 0.1) is 6.92 Å². The van der Waals surface area contributed by atoms with Crippen LogP contribution in [0.25, 0.3) is 11.0 Å². The van der Waals surface area contributed by atoms with Crippen molar-refractivity contribution in [3.63, 3.8) is 0 Å². The number of Topliss-reactive ketones (excluding diaryl/α,β-unsaturated/α-hetero) is 1. The molecule has 0 saturated heterocycles. The van der Waals surface area contributed by atoms with Gasteiger partial charge < -0.3 is 25.1 Å². The van der Waals surface area contributed by atoms with Crippen molar-refractivity contribution in [3.05, 3.63) is 45.8 Å². The highest BCUT2D eigenvalue weighted by Crippen LogP contribution is 2.20. The molecule has 13 heteroatoms. The van der Waals surface area contributed by atoms with Gasteiger partial charge in [-0.05, 0) is 18.6 Å². The van der Waals surface area contributed by atoms with Crippen LogP contribution in [0.4, 0.5) is 0 Å². The highest BCUT2D eigenvalue weighted by Gasteiger charge is 2.37. The van der Waals surface area contributed by atoms with Crippen molar-refractivity contribution < 1.29 is 47.9 Å². The summed E-state index contributed by atoms with van der Waals surface area (Å²) in [7, 11) is -4.95. The Kier molecular flexibility index (Phi) is 7.15. The number of aliphatic hydroxyl groups is 3. The molecule has 0 aliphatic heterocycles. The summed E-state index contributed by atoms with van der Waals surface area (Å²) in [6.07, 6.45) is -6.38. The van der Waals surface area contributed by atoms with Gasteiger partial charge in [0.05, 0.1) is 7.98 Å². The lowest BCUT2D eigenvalue weighted by Gasteiger charge is -2.28. The number of aryl methyl sites for hydroxylation is 1. The average Bonchev–Trinajstić information content (AvgIpc) is 2.71. The van der Waals surface area contributed by atoms with Crippen LogP contribution >= 0.6 is 0 Å². The number of aliphatic hydroxyl groups excluding tert-OH is 3. The van der Waals surface area contributed by atoms with Crippen molar-refractivity contribution in [1.82, 2.24) is 5.32 Å². The molecule has 1 aromatic heterocycles. The molecule has 0 unspecified atom stereocenters. The van der Waals surface area contributed by atoms with Gasteiger partial charge in [-0.25, -0.2) is 8.98 Å². The Bertz CT molecular complexity index is 1190. The highest BCUT2D eigenvalue weighted by molar-refractivity contribution is 7.80. The van der Waals surface area contributed by atoms with E-state index in [2.05, 4.69) is 9.50 Å². The van der Waals surface area contributed by atoms with Crippen molar-refractivity contribution in [3.8, 4) is 0 Å². The number of carbonyl (C=O) groups is 2. The molecule has 2 aromatic rings. The number of amides is 1. The topological polar surface area (TPSA) is 201 Å². The summed E-state index contributed by atoms with van der Waals surface area (Å²) in [6.45, 7) is 1.39. The Morgan fingerprint density at radius 2 is 1.90 bits per heavy atom. The quantitative estimate of drug-likeness (QED) is 0.169. The van der Waals surface area contributed by atoms with Gasteiger partial charge in [0.1, 0.15) is 29.9 Å². The Morgan fingerprint density at radius 1 is 1.26 bits per heavy atom. The van der Waals surface area contributed by atoms with E-state index in [0.29, 0.717) is 10.9 Å². The Morgan fingerprint density at radius 3 is 2.48 bits per heavy atom. The number of benzene rings is 1. The van der Waals surface area contributed by atoms with Gasteiger partial charge in [-0.2, -0.15) is 8.42 Å². The predicted molar refractivity (Wildman–Crippen MR) is 105 cm³/mol. The van der Waals surface area contributed by atoms with Crippen LogP contribution in [0.3, 0.4) is 0 Å². The number of carbonyl (C=O) groups excluding carboxylic acids is 2. The van der Waals surface area contributed by atoms with Gasteiger partial charge in [-0.1, -0.05) is 12.1 Å². The Hall–Kier alpha value is -2.68. The molecule has 12 nitrogen and oxygen atoms in total. The van der Waals surface area contributed by atoms with E-state index in [1.54, 1.807) is 0 Å². The summed E-state index contributed by atoms with van der Waals surface area (Å²) >= 11 is 0. The predicted octanol–water partition coefficient (Wildman–Crippen LogP) is -1.31. The standard InChI is InChI=1S/C18H21NO11S/c1-8-5-14(22)30-13-6-10(3-4-11(8)13)16(23)15(19-9(2)20)18(25)17(24)12(21)7-29-31(26,27)28/h3-6,12,15,17-18,21,24-25H,7H2,1-2H3,(H,19,20)(H,26,27,28)/t12-,15+,17-,18-/m1/s1/i5D. The molecule has 0 bridgehead atoms. The molecule has 5 N–H and O–H groups in total. The van der Waals surface area contributed by atoms with E-state index in [4.69, 9.17) is 10.3 Å². The summed E-state index contributed by atoms with van der Waals surface area (Å²) in [5.74, 6) is -1.72. The average molecular weight is 460 g/mol. The molecule has 31 heavy (non-hydrogen) atoms. The number of ketones is 1. The number of hydrogen-bond acceptors (Lipinski definition) is 10. The number of fused-ring (bicyclic) bond motifs is 1. The smallest absolute Gasteiger partial charge is 0.397 e. The fourth-order valence-corrected chi connectivity index (χ4v) is 3.11. The van der Waals surface area contributed by atoms with Gasteiger partial charge in [0.2, 0.25) is 5.91 Å². The van der Waals surface area contributed by atoms with Crippen LogP contribution in [0.5, 0.6) is 0 Å². The maximum atomic E-state index is 13.0. The zero-order chi connectivity index (χ0) is 24.4. The van der Waals surface area contributed by atoms with Gasteiger partial charge in [0.25, 0.3) is 0 Å². The first-order valence-electron chi connectivity index (χ1n) is 9.24. The molecule has 0 aliphatic carbocycles. The van der Waals surface area contributed by atoms with Crippen molar-refractivity contribution in [2.75, 3.05) is 6.61 Å². The summed E-state index contributed by atoms with van der Waals surface area (Å²) in [5.41, 5.74) is -0.805. The van der Waals surface area contributed by atoms with Gasteiger partial charge in [-0.3, -0.25) is 14.1 Å². The molecule has 0 fully saturated rings. The molecule has 0 saturated carbocycles. The van der Waals surface area contributed by atoms with Crippen molar-refractivity contribution in [1.29, 1.82) is 0 Å². The lowest BCUT2D eigenvalue weighted by molar-refractivity contribution is -0.122. The minimum Gasteiger partial charge on any atom is -0.423 e. The molecule has 1 heterocycles. The molecule has 170 valence electrons. The highest BCUT2D eigenvalue weighted by atomic mass is 32.3. The van der Waals surface area contributed by atoms with Gasteiger partial charge in [0, 0.05) is 23.9 Å². The third-order valence-electron chi connectivity index (χ3n) is 4.28. The molecule has 2 rings (SSSR count). The van der Waals surface area contributed by atoms with E-state index in [9.17, 15) is 38.1 Å². The molecule has 1 amide bonds. The van der Waals surface area contributed by atoms with Crippen molar-refractivity contribution in [2.45, 2.75) is 38.2 Å². The van der Waals surface area contributed by atoms with Gasteiger partial charge in [-0.15, -0.1) is 0 Å². The second-order valence-electron chi connectivity index (χ2n) is 6.65. The van der Waals surface area contributed by atoms with Crippen LogP contribution in [0.15, 0.2) is 33.5 Å². The van der Waals surface area contributed by atoms with Crippen molar-refractivity contribution in [2.24, 2.45) is 0 Å². The van der Waals surface area contributed by atoms with Crippen molar-refractivity contribution >= 4 is 33.1 Å². The van der Waals surface area contributed by atoms with E-state index in [1.165, 1.54) is 19.1 Å². The maximum absolute atomic E-state index is 13.0. The first-order chi connectivity index (χ1) is 14.7. The lowest BCUT2D eigenvalue weighted by Crippen LogP contribution is -2.56. The van der Waals surface area contributed by atoms with E-state index < -0.39 is 58.7 Å². The van der Waals surface area contributed by atoms with Crippen LogP contribution < -0.4 is 10.9 Å². The summed E-state index contributed by atoms with van der Waals surface area (Å²) < 4.78 is 46.3. The minimum atomic E-state index is -4.95. The van der Waals surface area contributed by atoms with Crippen LogP contribution in [0.2, 0.25) is 0 Å². The second kappa shape index (κ2) is 9.64. The molecule has 1 aromatic carbocycles. The molecule has 4 atom stereocenters. The fraction of sp³-hybridized carbons (Fsp3) is 0.389. The fourth-order valence-electron chi connectivity index (χ4n) is 2.80. The zero-order valence-corrected chi connectivity index (χ0v) is 17.1. The first-order valence-corrected chi connectivity index (χ1v) is 10.1. The SMILES string of the molecule is [2H]c1c(C)c2ccc(C(=O)[C@H](NC(C)=O)[C@@H](O)[C@H](O)[C@H](O)COS(=O)(=O)O)cc2oc1=O. The number of rotatable bonds is 9. The van der Waals surface area contributed by atoms with Crippen LogP contribution in [-0.4, -0.2) is 70.9 Å². The Balaban J connectivity index is 2.37. The monoisotopic (exact) mass is 460 g/mol. The Labute approximate surface area is 177 Å². The maximum Gasteiger partial charge on any atom is 0.397 e. The first kappa shape index (κ1) is 23.0. The summed E-state index contributed by atoms with van der Waals surface area (Å²) in [4.78, 5) is 36.3. The van der Waals surface area contributed by atoms with Gasteiger partial charge in [0.15, 0.2) is 5.78 Å². The number of hydrogen-bond donors (Lipinski definition) is 5. The third-order valence-corrected chi connectivity index (χ3v) is 4.71. The van der Waals surface area contributed by atoms with E-state index >= 15 is 0 Å². The van der Waals surface area contributed by atoms with Gasteiger partial charge >= 0.3 is 16.0 Å². The van der Waals surface area contributed by atoms with E-state index in [0.717, 1.165) is 13.0 Å². The second-order valence-corrected chi connectivity index (χ2v) is 7.74.